The zero-order chi connectivity index (χ0) is 16.8. The number of aromatic amines is 1. The van der Waals surface area contributed by atoms with Crippen molar-refractivity contribution in [3.05, 3.63) is 59.9 Å². The summed E-state index contributed by atoms with van der Waals surface area (Å²) in [5.41, 5.74) is 2.74. The van der Waals surface area contributed by atoms with E-state index in [0.717, 1.165) is 39.5 Å². The molecule has 24 heavy (non-hydrogen) atoms. The molecule has 1 aromatic heterocycles. The van der Waals surface area contributed by atoms with E-state index in [2.05, 4.69) is 22.2 Å². The third-order valence-corrected chi connectivity index (χ3v) is 4.96. The number of carbonyl (C=O) groups is 1. The first-order valence-corrected chi connectivity index (χ1v) is 9.20. The average Bonchev–Trinajstić information content (AvgIpc) is 3.03. The monoisotopic (exact) mass is 339 g/mol. The molecule has 0 saturated carbocycles. The minimum Gasteiger partial charge on any atom is -0.352 e. The van der Waals surface area contributed by atoms with Crippen molar-refractivity contribution in [1.29, 1.82) is 0 Å². The number of hydrogen-bond acceptors (Lipinski definition) is 3. The van der Waals surface area contributed by atoms with Crippen molar-refractivity contribution in [3.63, 3.8) is 0 Å². The van der Waals surface area contributed by atoms with Gasteiger partial charge in [-0.2, -0.15) is 0 Å². The fourth-order valence-electron chi connectivity index (χ4n) is 2.51. The van der Waals surface area contributed by atoms with E-state index < -0.39 is 0 Å². The molecule has 0 aliphatic carbocycles. The SMILES string of the molecule is CCCSc1ccccc1C(=O)NCCc1nc2ccccc2[nH]1. The molecule has 0 saturated heterocycles. The number of H-pyrrole nitrogens is 1. The van der Waals surface area contributed by atoms with Crippen molar-refractivity contribution in [1.82, 2.24) is 15.3 Å². The summed E-state index contributed by atoms with van der Waals surface area (Å²) in [5, 5.41) is 3.00. The molecule has 0 aliphatic rings. The predicted octanol–water partition coefficient (Wildman–Crippen LogP) is 4.04. The van der Waals surface area contributed by atoms with Crippen LogP contribution in [0.1, 0.15) is 29.5 Å². The van der Waals surface area contributed by atoms with Gasteiger partial charge in [0.25, 0.3) is 5.91 Å². The Morgan fingerprint density at radius 2 is 1.96 bits per heavy atom. The van der Waals surface area contributed by atoms with E-state index in [0.29, 0.717) is 13.0 Å². The van der Waals surface area contributed by atoms with Crippen LogP contribution in [0.25, 0.3) is 11.0 Å². The van der Waals surface area contributed by atoms with Crippen molar-refractivity contribution in [2.45, 2.75) is 24.7 Å². The second kappa shape index (κ2) is 8.02. The summed E-state index contributed by atoms with van der Waals surface area (Å²) in [4.78, 5) is 21.3. The van der Waals surface area contributed by atoms with E-state index in [9.17, 15) is 4.79 Å². The molecule has 0 fully saturated rings. The Morgan fingerprint density at radius 1 is 1.17 bits per heavy atom. The van der Waals surface area contributed by atoms with Crippen LogP contribution in [0.4, 0.5) is 0 Å². The van der Waals surface area contributed by atoms with Crippen LogP contribution in [0.3, 0.4) is 0 Å². The quantitative estimate of drug-likeness (QED) is 0.639. The Kier molecular flexibility index (Phi) is 5.54. The van der Waals surface area contributed by atoms with Crippen molar-refractivity contribution >= 4 is 28.7 Å². The number of imidazole rings is 1. The first kappa shape index (κ1) is 16.6. The summed E-state index contributed by atoms with van der Waals surface area (Å²) < 4.78 is 0. The number of nitrogens with one attached hydrogen (secondary N) is 2. The number of hydrogen-bond donors (Lipinski definition) is 2. The van der Waals surface area contributed by atoms with Gasteiger partial charge >= 0.3 is 0 Å². The first-order valence-electron chi connectivity index (χ1n) is 8.21. The topological polar surface area (TPSA) is 57.8 Å². The molecule has 1 heterocycles. The van der Waals surface area contributed by atoms with Crippen LogP contribution >= 0.6 is 11.8 Å². The number of benzene rings is 2. The fourth-order valence-corrected chi connectivity index (χ4v) is 3.42. The lowest BCUT2D eigenvalue weighted by Gasteiger charge is -2.09. The molecule has 0 spiro atoms. The molecular weight excluding hydrogens is 318 g/mol. The normalized spacial score (nSPS) is 10.9. The van der Waals surface area contributed by atoms with Crippen LogP contribution in [0.5, 0.6) is 0 Å². The second-order valence-corrected chi connectivity index (χ2v) is 6.69. The van der Waals surface area contributed by atoms with Crippen molar-refractivity contribution < 1.29 is 4.79 Å². The Bertz CT molecular complexity index is 795. The van der Waals surface area contributed by atoms with E-state index in [1.807, 2.05) is 48.5 Å². The maximum absolute atomic E-state index is 12.4. The van der Waals surface area contributed by atoms with Crippen LogP contribution in [0.15, 0.2) is 53.4 Å². The van der Waals surface area contributed by atoms with Gasteiger partial charge in [-0.15, -0.1) is 11.8 Å². The molecule has 0 unspecified atom stereocenters. The van der Waals surface area contributed by atoms with E-state index in [-0.39, 0.29) is 5.91 Å². The van der Waals surface area contributed by atoms with Crippen molar-refractivity contribution in [2.75, 3.05) is 12.3 Å². The summed E-state index contributed by atoms with van der Waals surface area (Å²) in [6.07, 6.45) is 1.78. The molecule has 1 amide bonds. The summed E-state index contributed by atoms with van der Waals surface area (Å²) in [6.45, 7) is 2.70. The highest BCUT2D eigenvalue weighted by molar-refractivity contribution is 7.99. The van der Waals surface area contributed by atoms with Gasteiger partial charge in [0.1, 0.15) is 5.82 Å². The fraction of sp³-hybridized carbons (Fsp3) is 0.263. The lowest BCUT2D eigenvalue weighted by atomic mass is 10.2. The lowest BCUT2D eigenvalue weighted by molar-refractivity contribution is 0.0951. The first-order chi connectivity index (χ1) is 11.8. The highest BCUT2D eigenvalue weighted by Crippen LogP contribution is 2.23. The maximum Gasteiger partial charge on any atom is 0.252 e. The largest absolute Gasteiger partial charge is 0.352 e. The number of amides is 1. The molecule has 3 aromatic rings. The Labute approximate surface area is 146 Å². The molecule has 0 bridgehead atoms. The predicted molar refractivity (Wildman–Crippen MR) is 99.6 cm³/mol. The van der Waals surface area contributed by atoms with Gasteiger partial charge < -0.3 is 10.3 Å². The highest BCUT2D eigenvalue weighted by Gasteiger charge is 2.11. The third-order valence-electron chi connectivity index (χ3n) is 3.68. The van der Waals surface area contributed by atoms with Gasteiger partial charge in [0.2, 0.25) is 0 Å². The Hall–Kier alpha value is -2.27. The van der Waals surface area contributed by atoms with Crippen LogP contribution in [0.2, 0.25) is 0 Å². The molecule has 4 nitrogen and oxygen atoms in total. The van der Waals surface area contributed by atoms with Crippen LogP contribution in [0, 0.1) is 0 Å². The van der Waals surface area contributed by atoms with Crippen molar-refractivity contribution in [3.8, 4) is 0 Å². The summed E-state index contributed by atoms with van der Waals surface area (Å²) >= 11 is 1.73. The molecule has 2 N–H and O–H groups in total. The Balaban J connectivity index is 1.59. The standard InChI is InChI=1S/C19H21N3OS/c1-2-13-24-17-10-6-3-7-14(17)19(23)20-12-11-18-21-15-8-4-5-9-16(15)22-18/h3-10H,2,11-13H2,1H3,(H,20,23)(H,21,22). The zero-order valence-electron chi connectivity index (χ0n) is 13.7. The van der Waals surface area contributed by atoms with E-state index in [4.69, 9.17) is 0 Å². The van der Waals surface area contributed by atoms with Gasteiger partial charge in [-0.05, 0) is 36.4 Å². The average molecular weight is 339 g/mol. The number of aromatic nitrogens is 2. The zero-order valence-corrected chi connectivity index (χ0v) is 14.5. The lowest BCUT2D eigenvalue weighted by Crippen LogP contribution is -2.26. The minimum atomic E-state index is -0.0229. The number of thioether (sulfide) groups is 1. The number of carbonyl (C=O) groups excluding carboxylic acids is 1. The van der Waals surface area contributed by atoms with E-state index in [1.165, 1.54) is 0 Å². The number of nitrogens with zero attached hydrogens (tertiary/aromatic N) is 1. The highest BCUT2D eigenvalue weighted by atomic mass is 32.2. The molecule has 0 atom stereocenters. The van der Waals surface area contributed by atoms with Gasteiger partial charge in [0.05, 0.1) is 16.6 Å². The second-order valence-electron chi connectivity index (χ2n) is 5.55. The summed E-state index contributed by atoms with van der Waals surface area (Å²) in [6, 6.07) is 15.7. The minimum absolute atomic E-state index is 0.0229. The van der Waals surface area contributed by atoms with Gasteiger partial charge in [-0.3, -0.25) is 4.79 Å². The molecule has 0 aliphatic heterocycles. The summed E-state index contributed by atoms with van der Waals surface area (Å²) in [5.74, 6) is 1.89. The molecule has 3 rings (SSSR count). The van der Waals surface area contributed by atoms with Gasteiger partial charge in [-0.25, -0.2) is 4.98 Å². The van der Waals surface area contributed by atoms with Crippen LogP contribution in [-0.4, -0.2) is 28.2 Å². The number of rotatable bonds is 7. The van der Waals surface area contributed by atoms with Gasteiger partial charge in [0.15, 0.2) is 0 Å². The summed E-state index contributed by atoms with van der Waals surface area (Å²) in [7, 11) is 0. The number of para-hydroxylation sites is 2. The van der Waals surface area contributed by atoms with Gasteiger partial charge in [0, 0.05) is 17.9 Å². The van der Waals surface area contributed by atoms with E-state index in [1.54, 1.807) is 11.8 Å². The van der Waals surface area contributed by atoms with E-state index >= 15 is 0 Å². The molecule has 2 aromatic carbocycles. The Morgan fingerprint density at radius 3 is 2.79 bits per heavy atom. The van der Waals surface area contributed by atoms with Gasteiger partial charge in [-0.1, -0.05) is 31.2 Å². The maximum atomic E-state index is 12.4. The molecule has 5 heteroatoms. The molecule has 124 valence electrons. The smallest absolute Gasteiger partial charge is 0.252 e. The molecule has 0 radical (unpaired) electrons. The van der Waals surface area contributed by atoms with Crippen LogP contribution in [-0.2, 0) is 6.42 Å². The van der Waals surface area contributed by atoms with Crippen molar-refractivity contribution in [2.24, 2.45) is 0 Å². The van der Waals surface area contributed by atoms with Crippen LogP contribution < -0.4 is 5.32 Å². The number of fused-ring (bicyclic) bond motifs is 1. The third kappa shape index (κ3) is 3.97. The molecular formula is C19H21N3OS.